The highest BCUT2D eigenvalue weighted by Gasteiger charge is 2.33. The third-order valence-corrected chi connectivity index (χ3v) is 8.22. The number of fused-ring (bicyclic) bond motifs is 1. The number of nitrogens with one attached hydrogen (secondary N) is 2. The van der Waals surface area contributed by atoms with Crippen molar-refractivity contribution in [2.45, 2.75) is 49.1 Å². The van der Waals surface area contributed by atoms with Crippen molar-refractivity contribution in [1.82, 2.24) is 10.0 Å². The van der Waals surface area contributed by atoms with Crippen LogP contribution in [0.3, 0.4) is 0 Å². The predicted octanol–water partition coefficient (Wildman–Crippen LogP) is 3.21. The molecule has 1 heterocycles. The average molecular weight is 534 g/mol. The van der Waals surface area contributed by atoms with Crippen LogP contribution in [0.25, 0.3) is 0 Å². The summed E-state index contributed by atoms with van der Waals surface area (Å²) in [4.78, 5) is 28.0. The second-order valence-corrected chi connectivity index (χ2v) is 11.4. The molecule has 198 valence electrons. The number of amides is 2. The van der Waals surface area contributed by atoms with Crippen LogP contribution in [0.2, 0.25) is 0 Å². The second-order valence-electron chi connectivity index (χ2n) is 9.64. The number of anilines is 1. The van der Waals surface area contributed by atoms with Gasteiger partial charge in [0.1, 0.15) is 5.75 Å². The zero-order chi connectivity index (χ0) is 26.5. The first-order valence-corrected chi connectivity index (χ1v) is 14.4. The fraction of sp³-hybridized carbons (Fsp3) is 0.310. The summed E-state index contributed by atoms with van der Waals surface area (Å²) < 4.78 is 33.4. The molecule has 9 heteroatoms. The maximum atomic E-state index is 13.3. The van der Waals surface area contributed by atoms with Gasteiger partial charge in [-0.2, -0.15) is 0 Å². The van der Waals surface area contributed by atoms with E-state index in [2.05, 4.69) is 10.0 Å². The third-order valence-electron chi connectivity index (χ3n) is 6.68. The number of ether oxygens (including phenoxy) is 1. The maximum absolute atomic E-state index is 13.3. The number of hydrogen-bond donors (Lipinski definition) is 2. The van der Waals surface area contributed by atoms with E-state index in [1.165, 1.54) is 0 Å². The van der Waals surface area contributed by atoms with Gasteiger partial charge in [-0.15, -0.1) is 0 Å². The van der Waals surface area contributed by atoms with E-state index < -0.39 is 16.1 Å². The van der Waals surface area contributed by atoms with Crippen LogP contribution >= 0.6 is 0 Å². The lowest BCUT2D eigenvalue weighted by atomic mass is 10.1. The molecular weight excluding hydrogens is 502 g/mol. The van der Waals surface area contributed by atoms with Crippen LogP contribution < -0.4 is 19.7 Å². The summed E-state index contributed by atoms with van der Waals surface area (Å²) in [6, 6.07) is 23.8. The number of nitrogens with zero attached hydrogens (tertiary/aromatic N) is 1. The summed E-state index contributed by atoms with van der Waals surface area (Å²) in [7, 11) is -3.51. The van der Waals surface area contributed by atoms with Gasteiger partial charge in [-0.05, 0) is 61.1 Å². The number of hydrogen-bond acceptors (Lipinski definition) is 5. The number of carbonyl (C=O) groups excluding carboxylic acids is 2. The summed E-state index contributed by atoms with van der Waals surface area (Å²) >= 11 is 0. The van der Waals surface area contributed by atoms with E-state index in [1.54, 1.807) is 35.2 Å². The van der Waals surface area contributed by atoms with Gasteiger partial charge in [-0.1, -0.05) is 54.6 Å². The molecule has 0 saturated heterocycles. The summed E-state index contributed by atoms with van der Waals surface area (Å²) in [6.45, 7) is 0.594. The van der Waals surface area contributed by atoms with E-state index in [-0.39, 0.29) is 35.7 Å². The lowest BCUT2D eigenvalue weighted by molar-refractivity contribution is -0.128. The van der Waals surface area contributed by atoms with E-state index in [1.807, 2.05) is 48.5 Å². The Labute approximate surface area is 223 Å². The largest absolute Gasteiger partial charge is 0.477 e. The van der Waals surface area contributed by atoms with Crippen LogP contribution in [0.15, 0.2) is 83.8 Å². The summed E-state index contributed by atoms with van der Waals surface area (Å²) in [5.41, 5.74) is 2.63. The molecule has 1 unspecified atom stereocenters. The van der Waals surface area contributed by atoms with Gasteiger partial charge in [-0.25, -0.2) is 13.1 Å². The standard InChI is InChI=1S/C29H31N3O5S/c33-28(17-12-22-10-15-24(16-11-22)38(35,36)31-23-13-14-23)32-20-27(37-26-9-5-4-8-25(26)32)29(34)30-19-18-21-6-2-1-3-7-21/h1-11,15-16,23,27,31H,12-14,17-20H2,(H,30,34). The Hall–Kier alpha value is -3.69. The number of para-hydroxylation sites is 2. The highest BCUT2D eigenvalue weighted by Crippen LogP contribution is 2.33. The van der Waals surface area contributed by atoms with Gasteiger partial charge in [0.05, 0.1) is 17.1 Å². The van der Waals surface area contributed by atoms with Crippen LogP contribution in [-0.4, -0.2) is 45.5 Å². The molecule has 5 rings (SSSR count). The monoisotopic (exact) mass is 533 g/mol. The minimum atomic E-state index is -3.51. The second kappa shape index (κ2) is 11.4. The predicted molar refractivity (Wildman–Crippen MR) is 144 cm³/mol. The highest BCUT2D eigenvalue weighted by molar-refractivity contribution is 7.89. The quantitative estimate of drug-likeness (QED) is 0.417. The Morgan fingerprint density at radius 3 is 2.29 bits per heavy atom. The van der Waals surface area contributed by atoms with Crippen LogP contribution in [0.1, 0.15) is 30.4 Å². The number of benzene rings is 3. The number of rotatable bonds is 10. The lowest BCUT2D eigenvalue weighted by Crippen LogP contribution is -2.51. The fourth-order valence-corrected chi connectivity index (χ4v) is 5.71. The summed E-state index contributed by atoms with van der Waals surface area (Å²) in [5, 5.41) is 2.93. The van der Waals surface area contributed by atoms with E-state index in [0.29, 0.717) is 30.8 Å². The molecule has 2 N–H and O–H groups in total. The van der Waals surface area contributed by atoms with Crippen molar-refractivity contribution >= 4 is 27.5 Å². The van der Waals surface area contributed by atoms with E-state index in [4.69, 9.17) is 4.74 Å². The molecule has 1 fully saturated rings. The molecule has 0 bridgehead atoms. The van der Waals surface area contributed by atoms with Crippen LogP contribution in [-0.2, 0) is 32.5 Å². The SMILES string of the molecule is O=C(NCCc1ccccc1)C1CN(C(=O)CCc2ccc(S(=O)(=O)NC3CC3)cc2)c2ccccc2O1. The molecule has 8 nitrogen and oxygen atoms in total. The molecule has 1 saturated carbocycles. The van der Waals surface area contributed by atoms with Crippen LogP contribution in [0.4, 0.5) is 5.69 Å². The molecule has 1 aliphatic heterocycles. The lowest BCUT2D eigenvalue weighted by Gasteiger charge is -2.34. The van der Waals surface area contributed by atoms with E-state index in [9.17, 15) is 18.0 Å². The van der Waals surface area contributed by atoms with Crippen molar-refractivity contribution in [3.63, 3.8) is 0 Å². The number of sulfonamides is 1. The van der Waals surface area contributed by atoms with E-state index in [0.717, 1.165) is 24.0 Å². The summed E-state index contributed by atoms with van der Waals surface area (Å²) in [6.07, 6.45) is 2.30. The van der Waals surface area contributed by atoms with Crippen molar-refractivity contribution in [2.75, 3.05) is 18.0 Å². The Morgan fingerprint density at radius 1 is 0.868 bits per heavy atom. The number of aryl methyl sites for hydroxylation is 1. The minimum absolute atomic E-state index is 0.0449. The van der Waals surface area contributed by atoms with Crippen LogP contribution in [0, 0.1) is 0 Å². The Bertz CT molecular complexity index is 1390. The van der Waals surface area contributed by atoms with Gasteiger partial charge in [0.25, 0.3) is 5.91 Å². The van der Waals surface area contributed by atoms with Crippen molar-refractivity contribution in [1.29, 1.82) is 0 Å². The molecule has 2 aliphatic rings. The van der Waals surface area contributed by atoms with Gasteiger partial charge >= 0.3 is 0 Å². The molecule has 1 aliphatic carbocycles. The maximum Gasteiger partial charge on any atom is 0.262 e. The van der Waals surface area contributed by atoms with Crippen LogP contribution in [0.5, 0.6) is 5.75 Å². The molecule has 0 aromatic heterocycles. The molecule has 0 radical (unpaired) electrons. The zero-order valence-corrected chi connectivity index (χ0v) is 21.8. The molecule has 0 spiro atoms. The minimum Gasteiger partial charge on any atom is -0.477 e. The molecular formula is C29H31N3O5S. The first kappa shape index (κ1) is 25.9. The highest BCUT2D eigenvalue weighted by atomic mass is 32.2. The molecule has 3 aromatic rings. The number of carbonyl (C=O) groups is 2. The Kier molecular flexibility index (Phi) is 7.76. The average Bonchev–Trinajstić information content (AvgIpc) is 3.75. The molecule has 3 aromatic carbocycles. The normalized spacial score (nSPS) is 16.8. The third kappa shape index (κ3) is 6.41. The van der Waals surface area contributed by atoms with Gasteiger partial charge in [0, 0.05) is 19.0 Å². The van der Waals surface area contributed by atoms with Gasteiger partial charge < -0.3 is 15.0 Å². The smallest absolute Gasteiger partial charge is 0.262 e. The molecule has 1 atom stereocenters. The van der Waals surface area contributed by atoms with Crippen molar-refractivity contribution in [2.24, 2.45) is 0 Å². The molecule has 2 amide bonds. The van der Waals surface area contributed by atoms with Gasteiger partial charge in [-0.3, -0.25) is 9.59 Å². The summed E-state index contributed by atoms with van der Waals surface area (Å²) in [5.74, 6) is 0.104. The van der Waals surface area contributed by atoms with Crippen molar-refractivity contribution in [3.8, 4) is 5.75 Å². The molecule has 38 heavy (non-hydrogen) atoms. The van der Waals surface area contributed by atoms with Crippen molar-refractivity contribution in [3.05, 3.63) is 90.0 Å². The van der Waals surface area contributed by atoms with E-state index >= 15 is 0 Å². The fourth-order valence-electron chi connectivity index (χ4n) is 4.41. The first-order chi connectivity index (χ1) is 18.4. The van der Waals surface area contributed by atoms with Crippen molar-refractivity contribution < 1.29 is 22.7 Å². The first-order valence-electron chi connectivity index (χ1n) is 12.9. The Morgan fingerprint density at radius 2 is 1.55 bits per heavy atom. The Balaban J connectivity index is 1.19. The topological polar surface area (TPSA) is 105 Å². The van der Waals surface area contributed by atoms with Gasteiger partial charge in [0.2, 0.25) is 15.9 Å². The zero-order valence-electron chi connectivity index (χ0n) is 21.0. The van der Waals surface area contributed by atoms with Gasteiger partial charge in [0.15, 0.2) is 6.10 Å².